The molecule has 0 aromatic heterocycles. The minimum Gasteiger partial charge on any atom is -0.478 e. The SMILES string of the molecule is O=C(CC1CCNCC1)Nc1cc(F)ccc1C(=O)O. The molecule has 1 heterocycles. The summed E-state index contributed by atoms with van der Waals surface area (Å²) in [4.78, 5) is 22.9. The van der Waals surface area contributed by atoms with E-state index in [4.69, 9.17) is 5.11 Å². The van der Waals surface area contributed by atoms with Crippen LogP contribution in [0.25, 0.3) is 0 Å². The number of carbonyl (C=O) groups is 2. The van der Waals surface area contributed by atoms with Crippen LogP contribution in [0.15, 0.2) is 18.2 Å². The molecule has 0 spiro atoms. The second kappa shape index (κ2) is 6.47. The molecule has 1 aliphatic heterocycles. The van der Waals surface area contributed by atoms with E-state index in [0.29, 0.717) is 6.42 Å². The Morgan fingerprint density at radius 1 is 1.35 bits per heavy atom. The number of hydrogen-bond acceptors (Lipinski definition) is 3. The van der Waals surface area contributed by atoms with Gasteiger partial charge >= 0.3 is 5.97 Å². The molecule has 0 radical (unpaired) electrons. The first-order chi connectivity index (χ1) is 9.56. The number of piperidine rings is 1. The number of carboxylic acids is 1. The fourth-order valence-electron chi connectivity index (χ4n) is 2.36. The summed E-state index contributed by atoms with van der Waals surface area (Å²) in [5, 5.41) is 14.7. The first-order valence-corrected chi connectivity index (χ1v) is 6.59. The summed E-state index contributed by atoms with van der Waals surface area (Å²) < 4.78 is 13.2. The zero-order valence-electron chi connectivity index (χ0n) is 11.0. The molecule has 0 atom stereocenters. The van der Waals surface area contributed by atoms with E-state index in [0.717, 1.165) is 44.1 Å². The lowest BCUT2D eigenvalue weighted by Gasteiger charge is -2.22. The summed E-state index contributed by atoms with van der Waals surface area (Å²) in [5.41, 5.74) is -0.0958. The van der Waals surface area contributed by atoms with Crippen molar-refractivity contribution in [1.82, 2.24) is 5.32 Å². The predicted molar refractivity (Wildman–Crippen MR) is 72.2 cm³/mol. The molecule has 1 fully saturated rings. The fourth-order valence-corrected chi connectivity index (χ4v) is 2.36. The second-order valence-corrected chi connectivity index (χ2v) is 4.94. The summed E-state index contributed by atoms with van der Waals surface area (Å²) in [7, 11) is 0. The molecule has 0 bridgehead atoms. The Bertz CT molecular complexity index is 513. The van der Waals surface area contributed by atoms with E-state index in [1.807, 2.05) is 0 Å². The van der Waals surface area contributed by atoms with Crippen LogP contribution in [0.1, 0.15) is 29.6 Å². The zero-order valence-corrected chi connectivity index (χ0v) is 11.0. The topological polar surface area (TPSA) is 78.4 Å². The molecular weight excluding hydrogens is 263 g/mol. The first kappa shape index (κ1) is 14.5. The molecule has 1 aromatic rings. The van der Waals surface area contributed by atoms with E-state index in [9.17, 15) is 14.0 Å². The van der Waals surface area contributed by atoms with Crippen molar-refractivity contribution in [2.75, 3.05) is 18.4 Å². The highest BCUT2D eigenvalue weighted by molar-refractivity contribution is 6.00. The van der Waals surface area contributed by atoms with E-state index in [1.54, 1.807) is 0 Å². The minimum absolute atomic E-state index is 0.0106. The van der Waals surface area contributed by atoms with Gasteiger partial charge in [-0.05, 0) is 50.0 Å². The van der Waals surface area contributed by atoms with Crippen molar-refractivity contribution in [3.05, 3.63) is 29.6 Å². The summed E-state index contributed by atoms with van der Waals surface area (Å²) in [6.45, 7) is 1.77. The monoisotopic (exact) mass is 280 g/mol. The van der Waals surface area contributed by atoms with Crippen LogP contribution in [0.3, 0.4) is 0 Å². The highest BCUT2D eigenvalue weighted by Gasteiger charge is 2.18. The molecular formula is C14H17FN2O3. The second-order valence-electron chi connectivity index (χ2n) is 4.94. The lowest BCUT2D eigenvalue weighted by atomic mass is 9.94. The van der Waals surface area contributed by atoms with Crippen LogP contribution < -0.4 is 10.6 Å². The summed E-state index contributed by atoms with van der Waals surface area (Å²) in [6, 6.07) is 3.24. The Morgan fingerprint density at radius 3 is 2.70 bits per heavy atom. The lowest BCUT2D eigenvalue weighted by Crippen LogP contribution is -2.30. The van der Waals surface area contributed by atoms with Gasteiger partial charge in [-0.2, -0.15) is 0 Å². The van der Waals surface area contributed by atoms with Gasteiger partial charge in [-0.25, -0.2) is 9.18 Å². The molecule has 5 nitrogen and oxygen atoms in total. The predicted octanol–water partition coefficient (Wildman–Crippen LogP) is 1.85. The molecule has 20 heavy (non-hydrogen) atoms. The molecule has 2 rings (SSSR count). The number of carbonyl (C=O) groups excluding carboxylic acids is 1. The molecule has 0 unspecified atom stereocenters. The number of aromatic carboxylic acids is 1. The third kappa shape index (κ3) is 3.77. The first-order valence-electron chi connectivity index (χ1n) is 6.59. The van der Waals surface area contributed by atoms with Crippen molar-refractivity contribution in [3.63, 3.8) is 0 Å². The van der Waals surface area contributed by atoms with Gasteiger partial charge in [0, 0.05) is 6.42 Å². The average Bonchev–Trinajstić information content (AvgIpc) is 2.39. The molecule has 1 aliphatic rings. The van der Waals surface area contributed by atoms with E-state index in [-0.39, 0.29) is 23.1 Å². The van der Waals surface area contributed by atoms with Crippen molar-refractivity contribution in [3.8, 4) is 0 Å². The summed E-state index contributed by atoms with van der Waals surface area (Å²) >= 11 is 0. The number of halogens is 1. The highest BCUT2D eigenvalue weighted by atomic mass is 19.1. The van der Waals surface area contributed by atoms with Crippen molar-refractivity contribution in [1.29, 1.82) is 0 Å². The standard InChI is InChI=1S/C14H17FN2O3/c15-10-1-2-11(14(19)20)12(8-10)17-13(18)7-9-3-5-16-6-4-9/h1-2,8-9,16H,3-7H2,(H,17,18)(H,19,20). The number of rotatable bonds is 4. The van der Waals surface area contributed by atoms with E-state index < -0.39 is 11.8 Å². The smallest absolute Gasteiger partial charge is 0.337 e. The van der Waals surface area contributed by atoms with Crippen LogP contribution in [-0.2, 0) is 4.79 Å². The van der Waals surface area contributed by atoms with Gasteiger partial charge in [0.15, 0.2) is 0 Å². The van der Waals surface area contributed by atoms with Crippen LogP contribution in [0.2, 0.25) is 0 Å². The molecule has 1 amide bonds. The molecule has 0 saturated carbocycles. The number of hydrogen-bond donors (Lipinski definition) is 3. The Balaban J connectivity index is 2.03. The minimum atomic E-state index is -1.19. The Kier molecular flexibility index (Phi) is 4.68. The number of carboxylic acid groups (broad SMARTS) is 1. The Hall–Kier alpha value is -1.95. The normalized spacial score (nSPS) is 15.8. The number of amides is 1. The van der Waals surface area contributed by atoms with Gasteiger partial charge in [0.25, 0.3) is 0 Å². The van der Waals surface area contributed by atoms with Gasteiger partial charge in [0.2, 0.25) is 5.91 Å². The van der Waals surface area contributed by atoms with E-state index in [2.05, 4.69) is 10.6 Å². The van der Waals surface area contributed by atoms with Gasteiger partial charge in [-0.3, -0.25) is 4.79 Å². The van der Waals surface area contributed by atoms with Crippen molar-refractivity contribution < 1.29 is 19.1 Å². The molecule has 1 saturated heterocycles. The van der Waals surface area contributed by atoms with Crippen LogP contribution in [0.5, 0.6) is 0 Å². The number of nitrogens with one attached hydrogen (secondary N) is 2. The Morgan fingerprint density at radius 2 is 2.05 bits per heavy atom. The van der Waals surface area contributed by atoms with Gasteiger partial charge < -0.3 is 15.7 Å². The summed E-state index contributed by atoms with van der Waals surface area (Å²) in [5.74, 6) is -1.75. The van der Waals surface area contributed by atoms with Crippen molar-refractivity contribution >= 4 is 17.6 Å². The lowest BCUT2D eigenvalue weighted by molar-refractivity contribution is -0.117. The van der Waals surface area contributed by atoms with E-state index >= 15 is 0 Å². The molecule has 3 N–H and O–H groups in total. The van der Waals surface area contributed by atoms with Crippen LogP contribution in [0.4, 0.5) is 10.1 Å². The van der Waals surface area contributed by atoms with Gasteiger partial charge in [-0.15, -0.1) is 0 Å². The van der Waals surface area contributed by atoms with Gasteiger partial charge in [0.1, 0.15) is 5.82 Å². The largest absolute Gasteiger partial charge is 0.478 e. The molecule has 6 heteroatoms. The van der Waals surface area contributed by atoms with Crippen LogP contribution >= 0.6 is 0 Å². The van der Waals surface area contributed by atoms with Gasteiger partial charge in [0.05, 0.1) is 11.3 Å². The van der Waals surface area contributed by atoms with E-state index in [1.165, 1.54) is 0 Å². The highest BCUT2D eigenvalue weighted by Crippen LogP contribution is 2.20. The number of benzene rings is 1. The maximum atomic E-state index is 13.2. The quantitative estimate of drug-likeness (QED) is 0.786. The van der Waals surface area contributed by atoms with Crippen molar-refractivity contribution in [2.24, 2.45) is 5.92 Å². The fraction of sp³-hybridized carbons (Fsp3) is 0.429. The van der Waals surface area contributed by atoms with Gasteiger partial charge in [-0.1, -0.05) is 0 Å². The van der Waals surface area contributed by atoms with Crippen LogP contribution in [-0.4, -0.2) is 30.1 Å². The third-order valence-corrected chi connectivity index (χ3v) is 3.42. The Labute approximate surface area is 116 Å². The number of anilines is 1. The molecule has 1 aromatic carbocycles. The third-order valence-electron chi connectivity index (χ3n) is 3.42. The zero-order chi connectivity index (χ0) is 14.5. The maximum Gasteiger partial charge on any atom is 0.337 e. The maximum absolute atomic E-state index is 13.2. The van der Waals surface area contributed by atoms with Crippen molar-refractivity contribution in [2.45, 2.75) is 19.3 Å². The van der Waals surface area contributed by atoms with Crippen LogP contribution in [0, 0.1) is 11.7 Å². The molecule has 108 valence electrons. The summed E-state index contributed by atoms with van der Waals surface area (Å²) in [6.07, 6.45) is 2.17. The molecule has 0 aliphatic carbocycles. The average molecular weight is 280 g/mol.